The van der Waals surface area contributed by atoms with E-state index in [1.54, 1.807) is 0 Å². The summed E-state index contributed by atoms with van der Waals surface area (Å²) >= 11 is 0. The maximum atomic E-state index is 13.3. The van der Waals surface area contributed by atoms with Gasteiger partial charge in [0.2, 0.25) is 0 Å². The van der Waals surface area contributed by atoms with Crippen LogP contribution in [0.25, 0.3) is 0 Å². The zero-order chi connectivity index (χ0) is 10.7. The molecule has 1 aromatic rings. The fraction of sp³-hybridized carbons (Fsp3) is 0.300. The normalized spacial score (nSPS) is 9.71. The molecule has 1 aromatic carbocycles. The molecule has 0 radical (unpaired) electrons. The van der Waals surface area contributed by atoms with Crippen molar-refractivity contribution in [1.82, 2.24) is 0 Å². The number of hydrogen-bond acceptors (Lipinski definition) is 3. The molecule has 0 aliphatic heterocycles. The van der Waals surface area contributed by atoms with Gasteiger partial charge in [-0.3, -0.25) is 4.79 Å². The number of hydrogen-bond donors (Lipinski definition) is 0. The van der Waals surface area contributed by atoms with Gasteiger partial charge in [0, 0.05) is 5.56 Å². The average Bonchev–Trinajstić information content (AvgIpc) is 2.16. The summed E-state index contributed by atoms with van der Waals surface area (Å²) in [7, 11) is 2.73. The molecule has 0 N–H and O–H groups in total. The number of ether oxygens (including phenoxy) is 2. The molecule has 0 saturated carbocycles. The van der Waals surface area contributed by atoms with Crippen LogP contribution in [0.4, 0.5) is 4.39 Å². The number of ketones is 1. The predicted molar refractivity (Wildman–Crippen MR) is 49.5 cm³/mol. The van der Waals surface area contributed by atoms with Crippen LogP contribution >= 0.6 is 0 Å². The summed E-state index contributed by atoms with van der Waals surface area (Å²) in [4.78, 5) is 11.0. The molecule has 0 aliphatic rings. The predicted octanol–water partition coefficient (Wildman–Crippen LogP) is 2.05. The van der Waals surface area contributed by atoms with Crippen LogP contribution < -0.4 is 9.47 Å². The van der Waals surface area contributed by atoms with Crippen molar-refractivity contribution in [3.8, 4) is 11.5 Å². The van der Waals surface area contributed by atoms with Gasteiger partial charge in [-0.25, -0.2) is 4.39 Å². The summed E-state index contributed by atoms with van der Waals surface area (Å²) in [6.07, 6.45) is 0. The summed E-state index contributed by atoms with van der Waals surface area (Å²) in [5, 5.41) is 0. The highest BCUT2D eigenvalue weighted by Crippen LogP contribution is 2.31. The molecule has 4 heteroatoms. The highest BCUT2D eigenvalue weighted by atomic mass is 19.1. The molecule has 0 spiro atoms. The average molecular weight is 198 g/mol. The minimum absolute atomic E-state index is 0.0116. The van der Waals surface area contributed by atoms with Gasteiger partial charge in [-0.05, 0) is 19.1 Å². The molecule has 1 rings (SSSR count). The van der Waals surface area contributed by atoms with Crippen LogP contribution in [0.2, 0.25) is 0 Å². The molecule has 0 saturated heterocycles. The van der Waals surface area contributed by atoms with E-state index in [4.69, 9.17) is 9.47 Å². The zero-order valence-corrected chi connectivity index (χ0v) is 8.26. The highest BCUT2D eigenvalue weighted by molar-refractivity contribution is 5.94. The Labute approximate surface area is 81.4 Å². The summed E-state index contributed by atoms with van der Waals surface area (Å²) in [5.74, 6) is -0.586. The van der Waals surface area contributed by atoms with Gasteiger partial charge in [0.25, 0.3) is 0 Å². The highest BCUT2D eigenvalue weighted by Gasteiger charge is 2.13. The van der Waals surface area contributed by atoms with E-state index in [0.717, 1.165) is 6.07 Å². The van der Waals surface area contributed by atoms with Crippen molar-refractivity contribution in [2.45, 2.75) is 6.92 Å². The van der Waals surface area contributed by atoms with Crippen LogP contribution in [-0.2, 0) is 0 Å². The summed E-state index contributed by atoms with van der Waals surface area (Å²) < 4.78 is 23.0. The van der Waals surface area contributed by atoms with E-state index in [1.165, 1.54) is 27.2 Å². The Morgan fingerprint density at radius 3 is 2.36 bits per heavy atom. The molecule has 0 unspecified atom stereocenters. The largest absolute Gasteiger partial charge is 0.493 e. The lowest BCUT2D eigenvalue weighted by molar-refractivity contribution is 0.101. The van der Waals surface area contributed by atoms with Gasteiger partial charge in [-0.2, -0.15) is 0 Å². The third kappa shape index (κ3) is 1.84. The van der Waals surface area contributed by atoms with Crippen LogP contribution in [0.15, 0.2) is 12.1 Å². The van der Waals surface area contributed by atoms with Crippen LogP contribution in [-0.4, -0.2) is 20.0 Å². The minimum atomic E-state index is -0.600. The first-order chi connectivity index (χ1) is 6.60. The Morgan fingerprint density at radius 2 is 1.93 bits per heavy atom. The van der Waals surface area contributed by atoms with E-state index in [0.29, 0.717) is 0 Å². The molecular formula is C10H11FO3. The first-order valence-corrected chi connectivity index (χ1v) is 4.02. The lowest BCUT2D eigenvalue weighted by Crippen LogP contribution is -1.99. The lowest BCUT2D eigenvalue weighted by atomic mass is 10.1. The third-order valence-electron chi connectivity index (χ3n) is 1.84. The Bertz CT molecular complexity index is 361. The number of rotatable bonds is 3. The molecule has 0 amide bonds. The van der Waals surface area contributed by atoms with Gasteiger partial charge in [-0.1, -0.05) is 0 Å². The van der Waals surface area contributed by atoms with E-state index in [-0.39, 0.29) is 22.8 Å². The monoisotopic (exact) mass is 198 g/mol. The summed E-state index contributed by atoms with van der Waals surface area (Å²) in [5.41, 5.74) is 0.264. The Balaban J connectivity index is 3.31. The van der Waals surface area contributed by atoms with E-state index in [1.807, 2.05) is 0 Å². The van der Waals surface area contributed by atoms with Crippen LogP contribution in [0.5, 0.6) is 11.5 Å². The molecule has 14 heavy (non-hydrogen) atoms. The molecule has 0 aliphatic carbocycles. The SMILES string of the molecule is COc1cc(C(C)=O)cc(F)c1OC. The topological polar surface area (TPSA) is 35.5 Å². The van der Waals surface area contributed by atoms with Gasteiger partial charge in [0.05, 0.1) is 14.2 Å². The van der Waals surface area contributed by atoms with Crippen molar-refractivity contribution >= 4 is 5.78 Å². The summed E-state index contributed by atoms with van der Waals surface area (Å²) in [6.45, 7) is 1.36. The molecule has 0 atom stereocenters. The number of carbonyl (C=O) groups is 1. The van der Waals surface area contributed by atoms with Gasteiger partial charge < -0.3 is 9.47 Å². The van der Waals surface area contributed by atoms with Crippen molar-refractivity contribution < 1.29 is 18.7 Å². The van der Waals surface area contributed by atoms with Crippen molar-refractivity contribution in [3.63, 3.8) is 0 Å². The van der Waals surface area contributed by atoms with Crippen molar-refractivity contribution in [1.29, 1.82) is 0 Å². The summed E-state index contributed by atoms with van der Waals surface area (Å²) in [6, 6.07) is 2.58. The van der Waals surface area contributed by atoms with Gasteiger partial charge in [0.1, 0.15) is 0 Å². The second kappa shape index (κ2) is 4.09. The Kier molecular flexibility index (Phi) is 3.06. The second-order valence-corrected chi connectivity index (χ2v) is 2.75. The number of halogens is 1. The molecule has 0 heterocycles. The maximum Gasteiger partial charge on any atom is 0.196 e. The van der Waals surface area contributed by atoms with E-state index in [9.17, 15) is 9.18 Å². The molecular weight excluding hydrogens is 187 g/mol. The van der Waals surface area contributed by atoms with Crippen molar-refractivity contribution in [2.24, 2.45) is 0 Å². The van der Waals surface area contributed by atoms with Crippen LogP contribution in [0.3, 0.4) is 0 Å². The number of methoxy groups -OCH3 is 2. The molecule has 0 aromatic heterocycles. The van der Waals surface area contributed by atoms with E-state index < -0.39 is 5.82 Å². The van der Waals surface area contributed by atoms with Gasteiger partial charge in [0.15, 0.2) is 23.1 Å². The zero-order valence-electron chi connectivity index (χ0n) is 8.26. The number of benzene rings is 1. The number of carbonyl (C=O) groups excluding carboxylic acids is 1. The van der Waals surface area contributed by atoms with Crippen molar-refractivity contribution in [3.05, 3.63) is 23.5 Å². The van der Waals surface area contributed by atoms with Gasteiger partial charge in [-0.15, -0.1) is 0 Å². The molecule has 0 fully saturated rings. The first-order valence-electron chi connectivity index (χ1n) is 4.02. The van der Waals surface area contributed by atoms with Crippen molar-refractivity contribution in [2.75, 3.05) is 14.2 Å². The standard InChI is InChI=1S/C10H11FO3/c1-6(12)7-4-8(11)10(14-3)9(5-7)13-2/h4-5H,1-3H3. The van der Waals surface area contributed by atoms with Gasteiger partial charge >= 0.3 is 0 Å². The minimum Gasteiger partial charge on any atom is -0.493 e. The number of Topliss-reactive ketones (excluding diaryl/α,β-unsaturated/α-hetero) is 1. The van der Waals surface area contributed by atoms with E-state index >= 15 is 0 Å². The molecule has 3 nitrogen and oxygen atoms in total. The molecule has 76 valence electrons. The van der Waals surface area contributed by atoms with Crippen LogP contribution in [0.1, 0.15) is 17.3 Å². The van der Waals surface area contributed by atoms with Crippen LogP contribution in [0, 0.1) is 5.82 Å². The third-order valence-corrected chi connectivity index (χ3v) is 1.84. The quantitative estimate of drug-likeness (QED) is 0.697. The fourth-order valence-corrected chi connectivity index (χ4v) is 1.12. The molecule has 0 bridgehead atoms. The van der Waals surface area contributed by atoms with E-state index in [2.05, 4.69) is 0 Å². The first kappa shape index (κ1) is 10.5. The smallest absolute Gasteiger partial charge is 0.196 e. The maximum absolute atomic E-state index is 13.3. The second-order valence-electron chi connectivity index (χ2n) is 2.75. The fourth-order valence-electron chi connectivity index (χ4n) is 1.12. The lowest BCUT2D eigenvalue weighted by Gasteiger charge is -2.09. The Hall–Kier alpha value is -1.58. The Morgan fingerprint density at radius 1 is 1.29 bits per heavy atom.